The number of carbonyl (C=O) groups excluding carboxylic acids is 2. The molecule has 1 spiro atoms. The fourth-order valence-corrected chi connectivity index (χ4v) is 5.73. The Labute approximate surface area is 127 Å². The first-order valence-electron chi connectivity index (χ1n) is 6.11. The Morgan fingerprint density at radius 3 is 3.00 bits per heavy atom. The van der Waals surface area contributed by atoms with E-state index >= 15 is 0 Å². The average Bonchev–Trinajstić information content (AvgIpc) is 2.62. The molecule has 5 rings (SSSR count). The van der Waals surface area contributed by atoms with Gasteiger partial charge in [-0.3, -0.25) is 14.4 Å². The molecule has 0 aromatic heterocycles. The number of nitrogens with one attached hydrogen (secondary N) is 1. The van der Waals surface area contributed by atoms with Gasteiger partial charge in [0.1, 0.15) is 16.7 Å². The number of fused-ring (bicyclic) bond motifs is 4. The van der Waals surface area contributed by atoms with Crippen molar-refractivity contribution in [3.63, 3.8) is 0 Å². The van der Waals surface area contributed by atoms with Gasteiger partial charge in [0.15, 0.2) is 5.37 Å². The number of carbonyl (C=O) groups is 2. The molecule has 2 amide bonds. The number of aromatic hydroxyl groups is 1. The molecule has 21 heavy (non-hydrogen) atoms. The van der Waals surface area contributed by atoms with Crippen LogP contribution >= 0.6 is 21.6 Å². The third-order valence-corrected chi connectivity index (χ3v) is 6.52. The van der Waals surface area contributed by atoms with Crippen LogP contribution in [0.2, 0.25) is 0 Å². The fourth-order valence-electron chi connectivity index (χ4n) is 2.74. The first-order chi connectivity index (χ1) is 10.1. The van der Waals surface area contributed by atoms with Crippen LogP contribution in [0.4, 0.5) is 0 Å². The first-order valence-corrected chi connectivity index (χ1v) is 8.39. The molecule has 7 nitrogen and oxygen atoms in total. The Balaban J connectivity index is 1.93. The highest BCUT2D eigenvalue weighted by Crippen LogP contribution is 2.60. The maximum absolute atomic E-state index is 12.5. The number of benzene rings is 1. The van der Waals surface area contributed by atoms with Gasteiger partial charge in [-0.25, -0.2) is 0 Å². The maximum atomic E-state index is 12.5. The zero-order valence-electron chi connectivity index (χ0n) is 10.7. The lowest BCUT2D eigenvalue weighted by Gasteiger charge is -2.41. The van der Waals surface area contributed by atoms with Crippen molar-refractivity contribution >= 4 is 33.4 Å². The third-order valence-electron chi connectivity index (χ3n) is 3.64. The molecule has 3 atom stereocenters. The third kappa shape index (κ3) is 1.51. The van der Waals surface area contributed by atoms with Gasteiger partial charge in [0.2, 0.25) is 0 Å². The van der Waals surface area contributed by atoms with Crippen molar-refractivity contribution in [1.82, 2.24) is 10.4 Å². The summed E-state index contributed by atoms with van der Waals surface area (Å²) < 4.78 is 5.81. The summed E-state index contributed by atoms with van der Waals surface area (Å²) >= 11 is 0. The molecule has 3 unspecified atom stereocenters. The molecule has 3 saturated heterocycles. The van der Waals surface area contributed by atoms with Crippen LogP contribution < -0.4 is 10.1 Å². The number of hydrogen-bond donors (Lipinski definition) is 2. The molecule has 3 fully saturated rings. The van der Waals surface area contributed by atoms with E-state index in [0.29, 0.717) is 5.75 Å². The van der Waals surface area contributed by atoms with Gasteiger partial charge in [-0.2, -0.15) is 5.06 Å². The predicted molar refractivity (Wildman–Crippen MR) is 75.2 cm³/mol. The zero-order chi connectivity index (χ0) is 14.8. The Hall–Kier alpha value is -1.58. The van der Waals surface area contributed by atoms with Crippen molar-refractivity contribution in [2.24, 2.45) is 0 Å². The van der Waals surface area contributed by atoms with Gasteiger partial charge >= 0.3 is 5.72 Å². The molecule has 0 radical (unpaired) electrons. The average molecular weight is 326 g/mol. The highest BCUT2D eigenvalue weighted by Gasteiger charge is 2.67. The van der Waals surface area contributed by atoms with E-state index in [2.05, 4.69) is 5.32 Å². The summed E-state index contributed by atoms with van der Waals surface area (Å²) in [5.74, 6) is -0.386. The van der Waals surface area contributed by atoms with E-state index in [0.717, 1.165) is 10.6 Å². The summed E-state index contributed by atoms with van der Waals surface area (Å²) in [6.07, 6.45) is 0. The molecule has 9 heteroatoms. The zero-order valence-corrected chi connectivity index (χ0v) is 12.4. The van der Waals surface area contributed by atoms with E-state index in [-0.39, 0.29) is 11.7 Å². The van der Waals surface area contributed by atoms with E-state index in [4.69, 9.17) is 9.57 Å². The largest absolute Gasteiger partial charge is 0.508 e. The van der Waals surface area contributed by atoms with Gasteiger partial charge in [-0.05, 0) is 6.07 Å². The fraction of sp³-hybridized carbons (Fsp3) is 0.333. The Morgan fingerprint density at radius 1 is 1.43 bits per heavy atom. The summed E-state index contributed by atoms with van der Waals surface area (Å²) in [4.78, 5) is 30.1. The number of ether oxygens (including phenoxy) is 1. The maximum Gasteiger partial charge on any atom is 0.303 e. The van der Waals surface area contributed by atoms with Crippen molar-refractivity contribution in [2.45, 2.75) is 16.3 Å². The summed E-state index contributed by atoms with van der Waals surface area (Å²) in [6.45, 7) is 0. The standard InChI is InChI=1S/C12H10N2O5S2/c1-18-14-10(16)9-13-11(17)12(14)8(20-21-9)6-3-2-5(15)4-7(6)19-12/h2-4,8-9,15H,1H3,(H,13,17). The predicted octanol–water partition coefficient (Wildman–Crippen LogP) is 0.763. The van der Waals surface area contributed by atoms with E-state index < -0.39 is 22.3 Å². The van der Waals surface area contributed by atoms with Crippen molar-refractivity contribution < 1.29 is 24.3 Å². The second kappa shape index (κ2) is 4.21. The molecular weight excluding hydrogens is 316 g/mol. The van der Waals surface area contributed by atoms with E-state index in [1.165, 1.54) is 40.8 Å². The van der Waals surface area contributed by atoms with Crippen LogP contribution in [0.25, 0.3) is 0 Å². The normalized spacial score (nSPS) is 33.1. The molecule has 2 N–H and O–H groups in total. The number of phenols is 1. The molecule has 0 saturated carbocycles. The number of hydroxylamine groups is 2. The minimum atomic E-state index is -1.58. The molecule has 110 valence electrons. The summed E-state index contributed by atoms with van der Waals surface area (Å²) in [7, 11) is 3.98. The van der Waals surface area contributed by atoms with Gasteiger partial charge in [0.25, 0.3) is 11.8 Å². The van der Waals surface area contributed by atoms with E-state index in [9.17, 15) is 14.7 Å². The first kappa shape index (κ1) is 13.1. The van der Waals surface area contributed by atoms with Crippen LogP contribution in [0.5, 0.6) is 11.5 Å². The molecule has 2 bridgehead atoms. The van der Waals surface area contributed by atoms with Crippen LogP contribution in [-0.2, 0) is 14.4 Å². The van der Waals surface area contributed by atoms with E-state index in [1.54, 1.807) is 6.07 Å². The molecule has 4 heterocycles. The number of nitrogens with zero attached hydrogens (tertiary/aromatic N) is 1. The summed E-state index contributed by atoms with van der Waals surface area (Å²) in [6, 6.07) is 4.66. The Kier molecular flexibility index (Phi) is 2.63. The molecular formula is C12H10N2O5S2. The monoisotopic (exact) mass is 326 g/mol. The van der Waals surface area contributed by atoms with Crippen LogP contribution in [-0.4, -0.2) is 40.2 Å². The quantitative estimate of drug-likeness (QED) is 0.737. The molecule has 1 aromatic rings. The number of piperazine rings is 1. The topological polar surface area (TPSA) is 88.1 Å². The lowest BCUT2D eigenvalue weighted by Crippen LogP contribution is -2.71. The van der Waals surface area contributed by atoms with Crippen LogP contribution in [0.15, 0.2) is 18.2 Å². The van der Waals surface area contributed by atoms with Gasteiger partial charge in [-0.15, -0.1) is 0 Å². The summed E-state index contributed by atoms with van der Waals surface area (Å²) in [5, 5.41) is 12.1. The van der Waals surface area contributed by atoms with Gasteiger partial charge < -0.3 is 15.2 Å². The molecule has 4 aliphatic rings. The number of amides is 2. The van der Waals surface area contributed by atoms with Gasteiger partial charge in [0.05, 0.1) is 7.11 Å². The minimum absolute atomic E-state index is 0.0312. The number of phenolic OH excluding ortho intramolecular Hbond substituents is 1. The van der Waals surface area contributed by atoms with Crippen LogP contribution in [0, 0.1) is 0 Å². The van der Waals surface area contributed by atoms with Crippen molar-refractivity contribution in [1.29, 1.82) is 0 Å². The smallest absolute Gasteiger partial charge is 0.303 e. The Morgan fingerprint density at radius 2 is 2.24 bits per heavy atom. The van der Waals surface area contributed by atoms with Crippen molar-refractivity contribution in [3.05, 3.63) is 23.8 Å². The van der Waals surface area contributed by atoms with Crippen LogP contribution in [0.3, 0.4) is 0 Å². The lowest BCUT2D eigenvalue weighted by atomic mass is 10.0. The van der Waals surface area contributed by atoms with Crippen molar-refractivity contribution in [3.8, 4) is 11.5 Å². The summed E-state index contributed by atoms with van der Waals surface area (Å²) in [5.41, 5.74) is -0.829. The number of hydrogen-bond acceptors (Lipinski definition) is 7. The van der Waals surface area contributed by atoms with Crippen LogP contribution in [0.1, 0.15) is 10.8 Å². The molecule has 1 aromatic carbocycles. The second-order valence-corrected chi connectivity index (χ2v) is 7.24. The Bertz CT molecular complexity index is 669. The molecule has 0 aliphatic carbocycles. The highest BCUT2D eigenvalue weighted by molar-refractivity contribution is 8.77. The lowest BCUT2D eigenvalue weighted by molar-refractivity contribution is -0.252. The SMILES string of the molecule is CON1C(=O)C2NC(=O)C13Oc1cc(O)ccc1C3SS2. The second-order valence-electron chi connectivity index (χ2n) is 4.76. The van der Waals surface area contributed by atoms with Gasteiger partial charge in [0, 0.05) is 11.6 Å². The van der Waals surface area contributed by atoms with E-state index in [1.807, 2.05) is 0 Å². The minimum Gasteiger partial charge on any atom is -0.508 e. The van der Waals surface area contributed by atoms with Gasteiger partial charge in [-0.1, -0.05) is 27.7 Å². The highest BCUT2D eigenvalue weighted by atomic mass is 33.1. The number of rotatable bonds is 1. The molecule has 4 aliphatic heterocycles. The van der Waals surface area contributed by atoms with Crippen molar-refractivity contribution in [2.75, 3.05) is 7.11 Å².